The van der Waals surface area contributed by atoms with Crippen LogP contribution in [0.1, 0.15) is 32.3 Å². The highest BCUT2D eigenvalue weighted by Gasteiger charge is 2.29. The fourth-order valence-corrected chi connectivity index (χ4v) is 2.67. The van der Waals surface area contributed by atoms with Crippen molar-refractivity contribution >= 4 is 11.5 Å². The topological polar surface area (TPSA) is 74.7 Å². The molecule has 1 aliphatic heterocycles. The van der Waals surface area contributed by atoms with E-state index in [0.29, 0.717) is 12.0 Å². The van der Waals surface area contributed by atoms with E-state index in [4.69, 9.17) is 10.9 Å². The molecular formula is C13H20N4O. The van der Waals surface area contributed by atoms with Crippen molar-refractivity contribution in [3.05, 3.63) is 24.0 Å². The molecule has 2 rings (SSSR count). The molecule has 1 saturated heterocycles. The van der Waals surface area contributed by atoms with E-state index in [0.717, 1.165) is 17.8 Å². The number of nitrogens with zero attached hydrogens (tertiary/aromatic N) is 3. The van der Waals surface area contributed by atoms with Gasteiger partial charge in [0.15, 0.2) is 5.84 Å². The molecule has 0 aromatic carbocycles. The van der Waals surface area contributed by atoms with E-state index in [9.17, 15) is 0 Å². The van der Waals surface area contributed by atoms with Crippen LogP contribution in [0.15, 0.2) is 23.6 Å². The van der Waals surface area contributed by atoms with E-state index in [-0.39, 0.29) is 5.84 Å². The van der Waals surface area contributed by atoms with Crippen molar-refractivity contribution in [2.45, 2.75) is 32.7 Å². The van der Waals surface area contributed by atoms with E-state index >= 15 is 0 Å². The van der Waals surface area contributed by atoms with Gasteiger partial charge in [0.25, 0.3) is 0 Å². The van der Waals surface area contributed by atoms with Crippen LogP contribution in [0.4, 0.5) is 5.69 Å². The standard InChI is InChI=1S/C13H20N4O/c1-9(2)11-4-3-7-17(11)12-8-15-6-5-10(12)13(14)16-18/h5-6,8-9,11,18H,3-4,7H2,1-2H3,(H2,14,16). The van der Waals surface area contributed by atoms with Gasteiger partial charge in [0.2, 0.25) is 0 Å². The third-order valence-corrected chi connectivity index (χ3v) is 3.56. The molecule has 0 aliphatic carbocycles. The van der Waals surface area contributed by atoms with Gasteiger partial charge < -0.3 is 15.8 Å². The molecule has 2 heterocycles. The number of pyridine rings is 1. The van der Waals surface area contributed by atoms with E-state index < -0.39 is 0 Å². The van der Waals surface area contributed by atoms with Crippen LogP contribution in [0, 0.1) is 5.92 Å². The predicted molar refractivity (Wildman–Crippen MR) is 72.0 cm³/mol. The summed E-state index contributed by atoms with van der Waals surface area (Å²) in [5.74, 6) is 0.717. The second kappa shape index (κ2) is 5.25. The lowest BCUT2D eigenvalue weighted by Gasteiger charge is -2.30. The Labute approximate surface area is 107 Å². The maximum absolute atomic E-state index is 8.85. The van der Waals surface area contributed by atoms with Crippen molar-refractivity contribution in [1.29, 1.82) is 0 Å². The summed E-state index contributed by atoms with van der Waals surface area (Å²) < 4.78 is 0. The Hall–Kier alpha value is -1.78. The van der Waals surface area contributed by atoms with Gasteiger partial charge in [-0.1, -0.05) is 19.0 Å². The molecule has 1 aromatic heterocycles. The predicted octanol–water partition coefficient (Wildman–Crippen LogP) is 1.80. The second-order valence-corrected chi connectivity index (χ2v) is 5.03. The van der Waals surface area contributed by atoms with Crippen LogP contribution in [0.25, 0.3) is 0 Å². The summed E-state index contributed by atoms with van der Waals surface area (Å²) in [6.45, 7) is 5.45. The summed E-state index contributed by atoms with van der Waals surface area (Å²) in [7, 11) is 0. The monoisotopic (exact) mass is 248 g/mol. The summed E-state index contributed by atoms with van der Waals surface area (Å²) in [4.78, 5) is 6.49. The molecule has 0 radical (unpaired) electrons. The molecule has 18 heavy (non-hydrogen) atoms. The third-order valence-electron chi connectivity index (χ3n) is 3.56. The first-order valence-corrected chi connectivity index (χ1v) is 6.33. The minimum atomic E-state index is 0.141. The molecule has 1 aliphatic rings. The fraction of sp³-hybridized carbons (Fsp3) is 0.538. The highest BCUT2D eigenvalue weighted by molar-refractivity contribution is 6.02. The normalized spacial score (nSPS) is 20.7. The number of oxime groups is 1. The molecule has 98 valence electrons. The maximum Gasteiger partial charge on any atom is 0.172 e. The molecule has 1 unspecified atom stereocenters. The Morgan fingerprint density at radius 1 is 1.61 bits per heavy atom. The first-order valence-electron chi connectivity index (χ1n) is 6.33. The molecule has 3 N–H and O–H groups in total. The third kappa shape index (κ3) is 2.25. The van der Waals surface area contributed by atoms with E-state index in [1.54, 1.807) is 18.5 Å². The average Bonchev–Trinajstić information content (AvgIpc) is 2.87. The minimum absolute atomic E-state index is 0.141. The van der Waals surface area contributed by atoms with E-state index in [1.807, 2.05) is 0 Å². The Morgan fingerprint density at radius 2 is 2.39 bits per heavy atom. The molecule has 5 nitrogen and oxygen atoms in total. The summed E-state index contributed by atoms with van der Waals surface area (Å²) in [5.41, 5.74) is 7.44. The first-order chi connectivity index (χ1) is 8.65. The van der Waals surface area contributed by atoms with Crippen LogP contribution in [0.3, 0.4) is 0 Å². The smallest absolute Gasteiger partial charge is 0.172 e. The second-order valence-electron chi connectivity index (χ2n) is 5.03. The SMILES string of the molecule is CC(C)C1CCCN1c1cnccc1/C(N)=N/O. The number of hydrogen-bond acceptors (Lipinski definition) is 4. The van der Waals surface area contributed by atoms with Gasteiger partial charge >= 0.3 is 0 Å². The Bertz CT molecular complexity index is 444. The van der Waals surface area contributed by atoms with Crippen molar-refractivity contribution < 1.29 is 5.21 Å². The van der Waals surface area contributed by atoms with Crippen molar-refractivity contribution in [2.24, 2.45) is 16.8 Å². The quantitative estimate of drug-likeness (QED) is 0.370. The lowest BCUT2D eigenvalue weighted by atomic mass is 10.0. The summed E-state index contributed by atoms with van der Waals surface area (Å²) in [5, 5.41) is 12.0. The number of rotatable bonds is 3. The van der Waals surface area contributed by atoms with Gasteiger partial charge in [-0.25, -0.2) is 0 Å². The lowest BCUT2D eigenvalue weighted by Crippen LogP contribution is -2.35. The molecule has 0 spiro atoms. The Morgan fingerprint density at radius 3 is 3.06 bits per heavy atom. The number of hydrogen-bond donors (Lipinski definition) is 2. The molecular weight excluding hydrogens is 228 g/mol. The molecule has 0 bridgehead atoms. The van der Waals surface area contributed by atoms with Crippen LogP contribution >= 0.6 is 0 Å². The molecule has 1 atom stereocenters. The molecule has 0 saturated carbocycles. The average molecular weight is 248 g/mol. The molecule has 0 amide bonds. The van der Waals surface area contributed by atoms with Gasteiger partial charge in [-0.05, 0) is 24.8 Å². The van der Waals surface area contributed by atoms with Crippen molar-refractivity contribution in [2.75, 3.05) is 11.4 Å². The van der Waals surface area contributed by atoms with E-state index in [2.05, 4.69) is 28.9 Å². The summed E-state index contributed by atoms with van der Waals surface area (Å²) >= 11 is 0. The van der Waals surface area contributed by atoms with Gasteiger partial charge in [0.1, 0.15) is 0 Å². The Balaban J connectivity index is 2.38. The maximum atomic E-state index is 8.85. The van der Waals surface area contributed by atoms with Crippen molar-refractivity contribution in [3.8, 4) is 0 Å². The van der Waals surface area contributed by atoms with Crippen LogP contribution in [-0.2, 0) is 0 Å². The van der Waals surface area contributed by atoms with Crippen LogP contribution in [0.5, 0.6) is 0 Å². The fourth-order valence-electron chi connectivity index (χ4n) is 2.67. The van der Waals surface area contributed by atoms with E-state index in [1.165, 1.54) is 12.8 Å². The van der Waals surface area contributed by atoms with Crippen molar-refractivity contribution in [1.82, 2.24) is 4.98 Å². The minimum Gasteiger partial charge on any atom is -0.409 e. The van der Waals surface area contributed by atoms with Crippen LogP contribution in [0.2, 0.25) is 0 Å². The number of amidine groups is 1. The zero-order chi connectivity index (χ0) is 13.1. The van der Waals surface area contributed by atoms with Crippen LogP contribution in [-0.4, -0.2) is 28.6 Å². The number of nitrogens with two attached hydrogens (primary N) is 1. The zero-order valence-electron chi connectivity index (χ0n) is 10.9. The molecule has 1 fully saturated rings. The molecule has 1 aromatic rings. The van der Waals surface area contributed by atoms with Gasteiger partial charge in [-0.3, -0.25) is 4.98 Å². The van der Waals surface area contributed by atoms with Gasteiger partial charge in [0, 0.05) is 24.3 Å². The number of aromatic nitrogens is 1. The highest BCUT2D eigenvalue weighted by Crippen LogP contribution is 2.31. The van der Waals surface area contributed by atoms with Gasteiger partial charge in [-0.15, -0.1) is 0 Å². The highest BCUT2D eigenvalue weighted by atomic mass is 16.4. The summed E-state index contributed by atoms with van der Waals surface area (Å²) in [6.07, 6.45) is 5.82. The Kier molecular flexibility index (Phi) is 3.69. The summed E-state index contributed by atoms with van der Waals surface area (Å²) in [6, 6.07) is 2.29. The number of anilines is 1. The first kappa shape index (κ1) is 12.7. The van der Waals surface area contributed by atoms with Gasteiger partial charge in [-0.2, -0.15) is 0 Å². The molecule has 5 heteroatoms. The lowest BCUT2D eigenvalue weighted by molar-refractivity contribution is 0.318. The largest absolute Gasteiger partial charge is 0.409 e. The zero-order valence-corrected chi connectivity index (χ0v) is 10.9. The van der Waals surface area contributed by atoms with Crippen molar-refractivity contribution in [3.63, 3.8) is 0 Å². The van der Waals surface area contributed by atoms with Gasteiger partial charge in [0.05, 0.1) is 11.9 Å². The van der Waals surface area contributed by atoms with Crippen LogP contribution < -0.4 is 10.6 Å².